The van der Waals surface area contributed by atoms with E-state index < -0.39 is 6.09 Å². The summed E-state index contributed by atoms with van der Waals surface area (Å²) in [6.45, 7) is 4.83. The number of ether oxygens (including phenoxy) is 2. The molecule has 2 amide bonds. The van der Waals surface area contributed by atoms with Gasteiger partial charge in [0.1, 0.15) is 19.0 Å². The van der Waals surface area contributed by atoms with E-state index in [1.165, 1.54) is 11.0 Å². The fraction of sp³-hybridized carbons (Fsp3) is 0.619. The monoisotopic (exact) mass is 407 g/mol. The molecule has 2 fully saturated rings. The minimum absolute atomic E-state index is 0.0503. The summed E-state index contributed by atoms with van der Waals surface area (Å²) in [5.74, 6) is 0.152. The first-order chi connectivity index (χ1) is 14.1. The number of carbonyl (C=O) groups is 2. The van der Waals surface area contributed by atoms with Crippen LogP contribution in [0.1, 0.15) is 18.4 Å². The Morgan fingerprint density at radius 1 is 1.28 bits per heavy atom. The lowest BCUT2D eigenvalue weighted by molar-refractivity contribution is -0.133. The van der Waals surface area contributed by atoms with Gasteiger partial charge in [-0.05, 0) is 37.9 Å². The van der Waals surface area contributed by atoms with E-state index >= 15 is 0 Å². The summed E-state index contributed by atoms with van der Waals surface area (Å²) in [6.07, 6.45) is 1.49. The third kappa shape index (κ3) is 6.14. The number of halogens is 1. The van der Waals surface area contributed by atoms with Crippen molar-refractivity contribution in [2.45, 2.75) is 19.4 Å². The highest BCUT2D eigenvalue weighted by Gasteiger charge is 2.28. The molecule has 3 rings (SSSR count). The molecule has 0 aromatic heterocycles. The third-order valence-corrected chi connectivity index (χ3v) is 5.63. The van der Waals surface area contributed by atoms with Gasteiger partial charge in [0.05, 0.1) is 13.2 Å². The molecule has 8 heteroatoms. The maximum atomic E-state index is 13.9. The highest BCUT2D eigenvalue weighted by atomic mass is 19.1. The van der Waals surface area contributed by atoms with Crippen molar-refractivity contribution < 1.29 is 23.5 Å². The quantitative estimate of drug-likeness (QED) is 0.626. The second kappa shape index (κ2) is 10.5. The Balaban J connectivity index is 1.49. The van der Waals surface area contributed by atoms with Crippen LogP contribution in [0.5, 0.6) is 0 Å². The second-order valence-corrected chi connectivity index (χ2v) is 7.68. The topological polar surface area (TPSA) is 62.3 Å². The number of hydrogen-bond donors (Lipinski definition) is 0. The van der Waals surface area contributed by atoms with Crippen LogP contribution in [0.25, 0.3) is 0 Å². The molecule has 2 aliphatic heterocycles. The van der Waals surface area contributed by atoms with Crippen LogP contribution in [0.2, 0.25) is 0 Å². The Bertz CT molecular complexity index is 694. The zero-order valence-electron chi connectivity index (χ0n) is 17.0. The number of methoxy groups -OCH3 is 1. The average molecular weight is 407 g/mol. The fourth-order valence-corrected chi connectivity index (χ4v) is 3.86. The van der Waals surface area contributed by atoms with E-state index in [1.54, 1.807) is 18.1 Å². The first-order valence-corrected chi connectivity index (χ1v) is 10.2. The Labute approximate surface area is 171 Å². The standard InChI is InChI=1S/C21H30FN3O4/c1-28-12-10-24(20(26)16-25-11-13-29-21(25)27)14-17-6-8-23(9-7-17)15-18-4-2-3-5-19(18)22/h2-5,17H,6-16H2,1H3. The van der Waals surface area contributed by atoms with Crippen LogP contribution in [-0.4, -0.2) is 86.3 Å². The van der Waals surface area contributed by atoms with E-state index in [4.69, 9.17) is 9.47 Å². The van der Waals surface area contributed by atoms with Gasteiger partial charge in [0.2, 0.25) is 5.91 Å². The van der Waals surface area contributed by atoms with Gasteiger partial charge in [-0.15, -0.1) is 0 Å². The highest BCUT2D eigenvalue weighted by molar-refractivity contribution is 5.82. The first kappa shape index (κ1) is 21.5. The van der Waals surface area contributed by atoms with Gasteiger partial charge >= 0.3 is 6.09 Å². The molecule has 29 heavy (non-hydrogen) atoms. The van der Waals surface area contributed by atoms with Crippen LogP contribution >= 0.6 is 0 Å². The number of rotatable bonds is 9. The summed E-state index contributed by atoms with van der Waals surface area (Å²) >= 11 is 0. The van der Waals surface area contributed by atoms with Gasteiger partial charge in [-0.25, -0.2) is 9.18 Å². The summed E-state index contributed by atoms with van der Waals surface area (Å²) in [7, 11) is 1.61. The summed E-state index contributed by atoms with van der Waals surface area (Å²) < 4.78 is 23.9. The lowest BCUT2D eigenvalue weighted by atomic mass is 9.95. The summed E-state index contributed by atoms with van der Waals surface area (Å²) in [5.41, 5.74) is 0.723. The van der Waals surface area contributed by atoms with Crippen molar-refractivity contribution in [3.63, 3.8) is 0 Å². The van der Waals surface area contributed by atoms with Crippen LogP contribution in [0, 0.1) is 11.7 Å². The predicted octanol–water partition coefficient (Wildman–Crippen LogP) is 1.96. The molecule has 160 valence electrons. The van der Waals surface area contributed by atoms with Crippen molar-refractivity contribution >= 4 is 12.0 Å². The largest absolute Gasteiger partial charge is 0.448 e. The van der Waals surface area contributed by atoms with Crippen LogP contribution < -0.4 is 0 Å². The normalized spacial score (nSPS) is 18.1. The molecule has 0 unspecified atom stereocenters. The molecule has 1 aromatic carbocycles. The maximum Gasteiger partial charge on any atom is 0.410 e. The summed E-state index contributed by atoms with van der Waals surface area (Å²) in [5, 5.41) is 0. The molecule has 0 aliphatic carbocycles. The molecule has 0 radical (unpaired) electrons. The minimum atomic E-state index is -0.425. The third-order valence-electron chi connectivity index (χ3n) is 5.63. The molecule has 0 atom stereocenters. The molecular weight excluding hydrogens is 377 g/mol. The van der Waals surface area contributed by atoms with E-state index in [0.29, 0.717) is 45.3 Å². The van der Waals surface area contributed by atoms with Crippen molar-refractivity contribution in [2.24, 2.45) is 5.92 Å². The Morgan fingerprint density at radius 3 is 2.69 bits per heavy atom. The van der Waals surface area contributed by atoms with Crippen LogP contribution in [-0.2, 0) is 20.8 Å². The molecular formula is C21H30FN3O4. The number of likely N-dealkylation sites (tertiary alicyclic amines) is 1. The lowest BCUT2D eigenvalue weighted by Gasteiger charge is -2.35. The molecule has 0 spiro atoms. The molecule has 2 aliphatic rings. The van der Waals surface area contributed by atoms with E-state index in [9.17, 15) is 14.0 Å². The van der Waals surface area contributed by atoms with E-state index in [-0.39, 0.29) is 18.3 Å². The molecule has 0 saturated carbocycles. The average Bonchev–Trinajstić information content (AvgIpc) is 3.12. The van der Waals surface area contributed by atoms with Gasteiger partial charge in [0, 0.05) is 32.3 Å². The highest BCUT2D eigenvalue weighted by Crippen LogP contribution is 2.21. The van der Waals surface area contributed by atoms with Crippen LogP contribution in [0.15, 0.2) is 24.3 Å². The minimum Gasteiger partial charge on any atom is -0.448 e. The summed E-state index contributed by atoms with van der Waals surface area (Å²) in [6, 6.07) is 6.90. The zero-order chi connectivity index (χ0) is 20.6. The molecule has 2 heterocycles. The van der Waals surface area contributed by atoms with Gasteiger partial charge in [0.15, 0.2) is 0 Å². The van der Waals surface area contributed by atoms with Gasteiger partial charge in [-0.2, -0.15) is 0 Å². The smallest absolute Gasteiger partial charge is 0.410 e. The van der Waals surface area contributed by atoms with Gasteiger partial charge < -0.3 is 14.4 Å². The van der Waals surface area contributed by atoms with Gasteiger partial charge in [-0.3, -0.25) is 14.6 Å². The molecule has 7 nitrogen and oxygen atoms in total. The first-order valence-electron chi connectivity index (χ1n) is 10.2. The lowest BCUT2D eigenvalue weighted by Crippen LogP contribution is -2.46. The van der Waals surface area contributed by atoms with Gasteiger partial charge in [0.25, 0.3) is 0 Å². The Kier molecular flexibility index (Phi) is 7.83. The van der Waals surface area contributed by atoms with Crippen molar-refractivity contribution in [3.05, 3.63) is 35.6 Å². The number of carbonyl (C=O) groups excluding carboxylic acids is 2. The summed E-state index contributed by atoms with van der Waals surface area (Å²) in [4.78, 5) is 29.9. The van der Waals surface area contributed by atoms with Crippen molar-refractivity contribution in [1.29, 1.82) is 0 Å². The number of piperidine rings is 1. The molecule has 1 aromatic rings. The molecule has 0 N–H and O–H groups in total. The number of hydrogen-bond acceptors (Lipinski definition) is 5. The van der Waals surface area contributed by atoms with Crippen molar-refractivity contribution in [3.8, 4) is 0 Å². The second-order valence-electron chi connectivity index (χ2n) is 7.68. The number of amides is 2. The Hall–Kier alpha value is -2.19. The Morgan fingerprint density at radius 2 is 2.03 bits per heavy atom. The predicted molar refractivity (Wildman–Crippen MR) is 106 cm³/mol. The zero-order valence-corrected chi connectivity index (χ0v) is 17.0. The van der Waals surface area contributed by atoms with E-state index in [2.05, 4.69) is 4.90 Å². The van der Waals surface area contributed by atoms with Crippen LogP contribution in [0.4, 0.5) is 9.18 Å². The maximum absolute atomic E-state index is 13.9. The number of cyclic esters (lactones) is 1. The molecule has 0 bridgehead atoms. The van der Waals surface area contributed by atoms with Crippen LogP contribution in [0.3, 0.4) is 0 Å². The number of benzene rings is 1. The number of nitrogens with zero attached hydrogens (tertiary/aromatic N) is 3. The van der Waals surface area contributed by atoms with Crippen molar-refractivity contribution in [1.82, 2.24) is 14.7 Å². The SMILES string of the molecule is COCCN(CC1CCN(Cc2ccccc2F)CC1)C(=O)CN1CCOC1=O. The fourth-order valence-electron chi connectivity index (χ4n) is 3.86. The van der Waals surface area contributed by atoms with Crippen molar-refractivity contribution in [2.75, 3.05) is 59.6 Å². The van der Waals surface area contributed by atoms with E-state index in [0.717, 1.165) is 31.5 Å². The van der Waals surface area contributed by atoms with E-state index in [1.807, 2.05) is 12.1 Å². The van der Waals surface area contributed by atoms with Gasteiger partial charge in [-0.1, -0.05) is 18.2 Å². The molecule has 2 saturated heterocycles.